The number of esters is 1. The zero-order valence-electron chi connectivity index (χ0n) is 9.50. The van der Waals surface area contributed by atoms with Gasteiger partial charge in [-0.1, -0.05) is 36.9 Å². The maximum absolute atomic E-state index is 10.8. The van der Waals surface area contributed by atoms with Crippen molar-refractivity contribution in [3.63, 3.8) is 0 Å². The van der Waals surface area contributed by atoms with E-state index >= 15 is 0 Å². The van der Waals surface area contributed by atoms with Crippen LogP contribution in [0.2, 0.25) is 0 Å². The number of benzene rings is 1. The standard InChI is InChI=1S/C11H10O2.C2H4O2/c1-2-13-11(12)9-8-10-6-4-3-5-7-10;1-2(3)4/h2-9H,1H2;1H3,(H,3,4). The van der Waals surface area contributed by atoms with Gasteiger partial charge in [0.1, 0.15) is 0 Å². The van der Waals surface area contributed by atoms with E-state index < -0.39 is 11.9 Å². The second-order valence-electron chi connectivity index (χ2n) is 2.87. The molecule has 0 saturated heterocycles. The molecule has 0 bridgehead atoms. The molecule has 0 atom stereocenters. The zero-order chi connectivity index (χ0) is 13.1. The van der Waals surface area contributed by atoms with Crippen LogP contribution in [0.4, 0.5) is 0 Å². The molecule has 4 nitrogen and oxygen atoms in total. The first-order chi connectivity index (χ1) is 8.06. The normalized spacial score (nSPS) is 9.00. The number of carbonyl (C=O) groups excluding carboxylic acids is 1. The summed E-state index contributed by atoms with van der Waals surface area (Å²) in [6.45, 7) is 4.36. The lowest BCUT2D eigenvalue weighted by atomic mass is 10.2. The number of ether oxygens (including phenoxy) is 1. The molecular weight excluding hydrogens is 220 g/mol. The molecule has 17 heavy (non-hydrogen) atoms. The summed E-state index contributed by atoms with van der Waals surface area (Å²) in [4.78, 5) is 19.8. The molecule has 4 heteroatoms. The van der Waals surface area contributed by atoms with Crippen LogP contribution < -0.4 is 0 Å². The van der Waals surface area contributed by atoms with Crippen LogP contribution in [0.15, 0.2) is 49.2 Å². The van der Waals surface area contributed by atoms with Crippen LogP contribution in [0, 0.1) is 0 Å². The fourth-order valence-corrected chi connectivity index (χ4v) is 0.850. The lowest BCUT2D eigenvalue weighted by Crippen LogP contribution is -1.92. The number of carbonyl (C=O) groups is 2. The van der Waals surface area contributed by atoms with Gasteiger partial charge < -0.3 is 9.84 Å². The van der Waals surface area contributed by atoms with E-state index in [2.05, 4.69) is 11.3 Å². The van der Waals surface area contributed by atoms with Crippen molar-refractivity contribution >= 4 is 18.0 Å². The number of hydrogen-bond donors (Lipinski definition) is 1. The van der Waals surface area contributed by atoms with Gasteiger partial charge in [-0.2, -0.15) is 0 Å². The van der Waals surface area contributed by atoms with E-state index in [0.29, 0.717) is 0 Å². The van der Waals surface area contributed by atoms with Gasteiger partial charge in [0.25, 0.3) is 5.97 Å². The summed E-state index contributed by atoms with van der Waals surface area (Å²) in [5.41, 5.74) is 0.962. The molecule has 0 aliphatic carbocycles. The van der Waals surface area contributed by atoms with Gasteiger partial charge in [0.2, 0.25) is 0 Å². The van der Waals surface area contributed by atoms with Gasteiger partial charge in [0, 0.05) is 13.0 Å². The van der Waals surface area contributed by atoms with Crippen LogP contribution in [0.25, 0.3) is 6.08 Å². The molecule has 0 saturated carbocycles. The molecule has 1 N–H and O–H groups in total. The number of aliphatic carboxylic acids is 1. The van der Waals surface area contributed by atoms with Crippen LogP contribution >= 0.6 is 0 Å². The Kier molecular flexibility index (Phi) is 7.67. The van der Waals surface area contributed by atoms with Gasteiger partial charge in [-0.3, -0.25) is 4.79 Å². The Balaban J connectivity index is 0.000000557. The predicted octanol–water partition coefficient (Wildman–Crippen LogP) is 2.48. The Bertz CT molecular complexity index is 389. The van der Waals surface area contributed by atoms with Gasteiger partial charge in [0.15, 0.2) is 0 Å². The lowest BCUT2D eigenvalue weighted by molar-refractivity contribution is -0.134. The number of hydrogen-bond acceptors (Lipinski definition) is 3. The minimum atomic E-state index is -0.833. The van der Waals surface area contributed by atoms with E-state index in [-0.39, 0.29) is 0 Å². The van der Waals surface area contributed by atoms with E-state index in [4.69, 9.17) is 9.90 Å². The van der Waals surface area contributed by atoms with Crippen molar-refractivity contribution in [1.29, 1.82) is 0 Å². The average molecular weight is 234 g/mol. The smallest absolute Gasteiger partial charge is 0.335 e. The summed E-state index contributed by atoms with van der Waals surface area (Å²) in [7, 11) is 0. The highest BCUT2D eigenvalue weighted by molar-refractivity contribution is 5.87. The van der Waals surface area contributed by atoms with Gasteiger partial charge in [0.05, 0.1) is 6.26 Å². The minimum Gasteiger partial charge on any atom is -0.481 e. The van der Waals surface area contributed by atoms with Crippen LogP contribution in [-0.4, -0.2) is 17.0 Å². The van der Waals surface area contributed by atoms with Crippen molar-refractivity contribution < 1.29 is 19.4 Å². The molecule has 1 aromatic rings. The number of carboxylic acid groups (broad SMARTS) is 1. The van der Waals surface area contributed by atoms with E-state index in [0.717, 1.165) is 18.7 Å². The van der Waals surface area contributed by atoms with E-state index in [1.165, 1.54) is 6.08 Å². The van der Waals surface area contributed by atoms with Crippen molar-refractivity contribution in [3.8, 4) is 0 Å². The van der Waals surface area contributed by atoms with Crippen molar-refractivity contribution in [2.45, 2.75) is 6.92 Å². The highest BCUT2D eigenvalue weighted by atomic mass is 16.5. The molecule has 0 aromatic heterocycles. The van der Waals surface area contributed by atoms with Crippen molar-refractivity contribution in [1.82, 2.24) is 0 Å². The highest BCUT2D eigenvalue weighted by Crippen LogP contribution is 2.00. The van der Waals surface area contributed by atoms with E-state index in [9.17, 15) is 4.79 Å². The van der Waals surface area contributed by atoms with Crippen molar-refractivity contribution in [2.24, 2.45) is 0 Å². The molecule has 90 valence electrons. The SMILES string of the molecule is C=COC(=O)C=Cc1ccccc1.CC(=O)O. The molecule has 0 spiro atoms. The first-order valence-electron chi connectivity index (χ1n) is 4.80. The zero-order valence-corrected chi connectivity index (χ0v) is 9.50. The van der Waals surface area contributed by atoms with Crippen LogP contribution in [-0.2, 0) is 14.3 Å². The third-order valence-corrected chi connectivity index (χ3v) is 1.41. The fraction of sp³-hybridized carbons (Fsp3) is 0.0769. The second-order valence-corrected chi connectivity index (χ2v) is 2.87. The predicted molar refractivity (Wildman–Crippen MR) is 65.1 cm³/mol. The molecule has 0 fully saturated rings. The summed E-state index contributed by atoms with van der Waals surface area (Å²) >= 11 is 0. The molecule has 0 aliphatic heterocycles. The fourth-order valence-electron chi connectivity index (χ4n) is 0.850. The van der Waals surface area contributed by atoms with Gasteiger partial charge in [-0.05, 0) is 11.6 Å². The summed E-state index contributed by atoms with van der Waals surface area (Å²) in [5.74, 6) is -1.25. The second kappa shape index (κ2) is 8.91. The topological polar surface area (TPSA) is 63.6 Å². The maximum Gasteiger partial charge on any atom is 0.335 e. The number of rotatable bonds is 3. The molecule has 1 aromatic carbocycles. The molecular formula is C13H14O4. The van der Waals surface area contributed by atoms with Gasteiger partial charge in [-0.15, -0.1) is 0 Å². The van der Waals surface area contributed by atoms with E-state index in [1.807, 2.05) is 30.3 Å². The Labute approximate surface area is 99.8 Å². The lowest BCUT2D eigenvalue weighted by Gasteiger charge is -1.91. The summed E-state index contributed by atoms with van der Waals surface area (Å²) in [5, 5.41) is 7.42. The van der Waals surface area contributed by atoms with Crippen LogP contribution in [0.3, 0.4) is 0 Å². The molecule has 0 unspecified atom stereocenters. The molecule has 0 radical (unpaired) electrons. The average Bonchev–Trinajstić information content (AvgIpc) is 2.27. The Morgan fingerprint density at radius 1 is 1.29 bits per heavy atom. The largest absolute Gasteiger partial charge is 0.481 e. The van der Waals surface area contributed by atoms with Crippen LogP contribution in [0.1, 0.15) is 12.5 Å². The molecule has 0 heterocycles. The summed E-state index contributed by atoms with van der Waals surface area (Å²) < 4.78 is 4.50. The van der Waals surface area contributed by atoms with E-state index in [1.54, 1.807) is 6.08 Å². The Morgan fingerprint density at radius 3 is 2.29 bits per heavy atom. The third kappa shape index (κ3) is 9.93. The highest BCUT2D eigenvalue weighted by Gasteiger charge is 1.91. The monoisotopic (exact) mass is 234 g/mol. The van der Waals surface area contributed by atoms with Crippen molar-refractivity contribution in [3.05, 3.63) is 54.8 Å². The quantitative estimate of drug-likeness (QED) is 0.495. The first kappa shape index (κ1) is 14.6. The Hall–Kier alpha value is -2.36. The van der Waals surface area contributed by atoms with Crippen molar-refractivity contribution in [2.75, 3.05) is 0 Å². The summed E-state index contributed by atoms with van der Waals surface area (Å²) in [6, 6.07) is 9.52. The first-order valence-corrected chi connectivity index (χ1v) is 4.80. The minimum absolute atomic E-state index is 0.418. The van der Waals surface area contributed by atoms with Gasteiger partial charge in [-0.25, -0.2) is 4.79 Å². The Morgan fingerprint density at radius 2 is 1.82 bits per heavy atom. The molecule has 1 rings (SSSR count). The summed E-state index contributed by atoms with van der Waals surface area (Å²) in [6.07, 6.45) is 4.15. The maximum atomic E-state index is 10.8. The van der Waals surface area contributed by atoms with Gasteiger partial charge >= 0.3 is 5.97 Å². The molecule has 0 amide bonds. The molecule has 0 aliphatic rings. The third-order valence-electron chi connectivity index (χ3n) is 1.41. The van der Waals surface area contributed by atoms with Crippen LogP contribution in [0.5, 0.6) is 0 Å². The number of carboxylic acids is 1.